The van der Waals surface area contributed by atoms with E-state index in [0.29, 0.717) is 44.4 Å². The number of piperazine rings is 1. The zero-order valence-electron chi connectivity index (χ0n) is 20.3. The number of amides is 3. The van der Waals surface area contributed by atoms with Crippen molar-refractivity contribution in [2.24, 2.45) is 5.92 Å². The number of nitrogens with zero attached hydrogens (tertiary/aromatic N) is 3. The van der Waals surface area contributed by atoms with Crippen molar-refractivity contribution < 1.29 is 19.1 Å². The van der Waals surface area contributed by atoms with Crippen molar-refractivity contribution >= 4 is 17.7 Å². The van der Waals surface area contributed by atoms with Gasteiger partial charge in [0.15, 0.2) is 6.10 Å². The van der Waals surface area contributed by atoms with Crippen LogP contribution in [-0.4, -0.2) is 76.8 Å². The van der Waals surface area contributed by atoms with E-state index in [9.17, 15) is 14.4 Å². The molecule has 0 saturated carbocycles. The maximum Gasteiger partial charge on any atom is 0.263 e. The molecule has 32 heavy (non-hydrogen) atoms. The molecule has 2 atom stereocenters. The van der Waals surface area contributed by atoms with Crippen LogP contribution < -0.4 is 4.74 Å². The third kappa shape index (κ3) is 5.43. The molecule has 2 unspecified atom stereocenters. The van der Waals surface area contributed by atoms with Gasteiger partial charge in [0.25, 0.3) is 5.91 Å². The van der Waals surface area contributed by atoms with E-state index in [0.717, 1.165) is 0 Å². The zero-order chi connectivity index (χ0) is 23.6. The van der Waals surface area contributed by atoms with Gasteiger partial charge in [0, 0.05) is 44.7 Å². The van der Waals surface area contributed by atoms with Gasteiger partial charge in [0.1, 0.15) is 5.75 Å². The third-order valence-corrected chi connectivity index (χ3v) is 6.39. The Bertz CT molecular complexity index is 836. The first-order chi connectivity index (χ1) is 15.0. The molecule has 7 heteroatoms. The largest absolute Gasteiger partial charge is 0.481 e. The van der Waals surface area contributed by atoms with Crippen LogP contribution in [0, 0.1) is 5.92 Å². The average Bonchev–Trinajstić information content (AvgIpc) is 3.15. The summed E-state index contributed by atoms with van der Waals surface area (Å²) in [5.41, 5.74) is 0.953. The van der Waals surface area contributed by atoms with Crippen LogP contribution in [0.25, 0.3) is 0 Å². The summed E-state index contributed by atoms with van der Waals surface area (Å²) in [6, 6.07) is 7.85. The van der Waals surface area contributed by atoms with Crippen LogP contribution >= 0.6 is 0 Å². The van der Waals surface area contributed by atoms with Gasteiger partial charge in [-0.05, 0) is 51.3 Å². The highest BCUT2D eigenvalue weighted by atomic mass is 16.5. The van der Waals surface area contributed by atoms with Crippen molar-refractivity contribution in [1.82, 2.24) is 14.7 Å². The average molecular weight is 444 g/mol. The molecule has 3 rings (SSSR count). The zero-order valence-corrected chi connectivity index (χ0v) is 20.3. The molecule has 0 aliphatic carbocycles. The Kier molecular flexibility index (Phi) is 7.16. The predicted molar refractivity (Wildman–Crippen MR) is 123 cm³/mol. The second-order valence-electron chi connectivity index (χ2n) is 10.2. The van der Waals surface area contributed by atoms with Gasteiger partial charge < -0.3 is 19.4 Å². The molecule has 2 heterocycles. The fourth-order valence-corrected chi connectivity index (χ4v) is 4.37. The summed E-state index contributed by atoms with van der Waals surface area (Å²) in [5, 5.41) is 0. The number of benzene rings is 1. The maximum absolute atomic E-state index is 13.0. The van der Waals surface area contributed by atoms with Crippen LogP contribution in [0.4, 0.5) is 0 Å². The molecule has 0 radical (unpaired) electrons. The smallest absolute Gasteiger partial charge is 0.263 e. The lowest BCUT2D eigenvalue weighted by Gasteiger charge is -2.37. The number of carbonyl (C=O) groups excluding carboxylic acids is 3. The number of hydrogen-bond donors (Lipinski definition) is 0. The van der Waals surface area contributed by atoms with Crippen molar-refractivity contribution in [3.63, 3.8) is 0 Å². The van der Waals surface area contributed by atoms with E-state index in [2.05, 4.69) is 13.8 Å². The highest BCUT2D eigenvalue weighted by molar-refractivity contribution is 5.90. The monoisotopic (exact) mass is 443 g/mol. The van der Waals surface area contributed by atoms with E-state index in [1.807, 2.05) is 45.0 Å². The van der Waals surface area contributed by atoms with Gasteiger partial charge in [0.05, 0.1) is 5.92 Å². The fourth-order valence-electron chi connectivity index (χ4n) is 4.37. The number of carbonyl (C=O) groups is 3. The Hall–Kier alpha value is -2.57. The van der Waals surface area contributed by atoms with Gasteiger partial charge in [-0.3, -0.25) is 14.4 Å². The summed E-state index contributed by atoms with van der Waals surface area (Å²) in [6.45, 7) is 14.4. The molecule has 2 aliphatic rings. The SMILES string of the molecule is CC(Oc1ccc(C(C)C)cc1)C(=O)N1CCN(C(=O)C2CC(=O)N(C(C)(C)C)C2)CC1. The second kappa shape index (κ2) is 9.51. The van der Waals surface area contributed by atoms with Gasteiger partial charge in [-0.1, -0.05) is 26.0 Å². The minimum Gasteiger partial charge on any atom is -0.481 e. The summed E-state index contributed by atoms with van der Waals surface area (Å²) in [7, 11) is 0. The fraction of sp³-hybridized carbons (Fsp3) is 0.640. The van der Waals surface area contributed by atoms with Crippen LogP contribution in [0.2, 0.25) is 0 Å². The van der Waals surface area contributed by atoms with E-state index in [1.54, 1.807) is 21.6 Å². The Morgan fingerprint density at radius 3 is 2.03 bits per heavy atom. The number of likely N-dealkylation sites (tertiary alicyclic amines) is 1. The second-order valence-corrected chi connectivity index (χ2v) is 10.2. The van der Waals surface area contributed by atoms with E-state index >= 15 is 0 Å². The molecule has 2 aliphatic heterocycles. The molecule has 176 valence electrons. The normalized spacial score (nSPS) is 20.7. The molecule has 0 N–H and O–H groups in total. The standard InChI is InChI=1S/C25H37N3O4/c1-17(2)19-7-9-21(10-8-19)32-18(3)23(30)26-11-13-27(14-12-26)24(31)20-15-22(29)28(16-20)25(4,5)6/h7-10,17-18,20H,11-16H2,1-6H3. The summed E-state index contributed by atoms with van der Waals surface area (Å²) in [5.74, 6) is 0.822. The quantitative estimate of drug-likeness (QED) is 0.702. The molecule has 1 aromatic carbocycles. The molecular formula is C25H37N3O4. The van der Waals surface area contributed by atoms with Crippen LogP contribution in [0.5, 0.6) is 5.75 Å². The number of ether oxygens (including phenoxy) is 1. The van der Waals surface area contributed by atoms with Crippen molar-refractivity contribution in [2.75, 3.05) is 32.7 Å². The highest BCUT2D eigenvalue weighted by Crippen LogP contribution is 2.27. The molecule has 3 amide bonds. The summed E-state index contributed by atoms with van der Waals surface area (Å²) >= 11 is 0. The molecule has 2 fully saturated rings. The Labute approximate surface area is 191 Å². The van der Waals surface area contributed by atoms with Crippen LogP contribution in [0.3, 0.4) is 0 Å². The number of hydrogen-bond acceptors (Lipinski definition) is 4. The van der Waals surface area contributed by atoms with E-state index in [-0.39, 0.29) is 35.6 Å². The van der Waals surface area contributed by atoms with Gasteiger partial charge in [-0.15, -0.1) is 0 Å². The summed E-state index contributed by atoms with van der Waals surface area (Å²) < 4.78 is 5.86. The lowest BCUT2D eigenvalue weighted by atomic mass is 10.0. The molecule has 0 aromatic heterocycles. The van der Waals surface area contributed by atoms with Crippen molar-refractivity contribution in [3.05, 3.63) is 29.8 Å². The highest BCUT2D eigenvalue weighted by Gasteiger charge is 2.41. The topological polar surface area (TPSA) is 70.2 Å². The minimum absolute atomic E-state index is 0.0201. The molecule has 0 spiro atoms. The summed E-state index contributed by atoms with van der Waals surface area (Å²) in [4.78, 5) is 43.5. The molecule has 0 bridgehead atoms. The van der Waals surface area contributed by atoms with Gasteiger partial charge in [-0.2, -0.15) is 0 Å². The van der Waals surface area contributed by atoms with E-state index in [4.69, 9.17) is 4.74 Å². The van der Waals surface area contributed by atoms with Crippen molar-refractivity contribution in [1.29, 1.82) is 0 Å². The molecule has 2 saturated heterocycles. The van der Waals surface area contributed by atoms with Crippen LogP contribution in [0.15, 0.2) is 24.3 Å². The van der Waals surface area contributed by atoms with Crippen molar-refractivity contribution in [2.45, 2.75) is 65.5 Å². The minimum atomic E-state index is -0.588. The first-order valence-corrected chi connectivity index (χ1v) is 11.6. The van der Waals surface area contributed by atoms with E-state index in [1.165, 1.54) is 5.56 Å². The Balaban J connectivity index is 1.50. The predicted octanol–water partition coefficient (Wildman–Crippen LogP) is 2.90. The van der Waals surface area contributed by atoms with Gasteiger partial charge >= 0.3 is 0 Å². The first kappa shape index (κ1) is 24.1. The number of rotatable bonds is 5. The lowest BCUT2D eigenvalue weighted by molar-refractivity contribution is -0.145. The first-order valence-electron chi connectivity index (χ1n) is 11.6. The van der Waals surface area contributed by atoms with Crippen LogP contribution in [-0.2, 0) is 14.4 Å². The maximum atomic E-state index is 13.0. The third-order valence-electron chi connectivity index (χ3n) is 6.39. The molecule has 7 nitrogen and oxygen atoms in total. The van der Waals surface area contributed by atoms with Gasteiger partial charge in [-0.25, -0.2) is 0 Å². The Morgan fingerprint density at radius 2 is 1.53 bits per heavy atom. The molecular weight excluding hydrogens is 406 g/mol. The van der Waals surface area contributed by atoms with E-state index < -0.39 is 6.10 Å². The van der Waals surface area contributed by atoms with Gasteiger partial charge in [0.2, 0.25) is 11.8 Å². The van der Waals surface area contributed by atoms with Crippen molar-refractivity contribution in [3.8, 4) is 5.75 Å². The lowest BCUT2D eigenvalue weighted by Crippen LogP contribution is -2.54. The molecule has 1 aromatic rings. The Morgan fingerprint density at radius 1 is 0.969 bits per heavy atom. The van der Waals surface area contributed by atoms with Crippen LogP contribution in [0.1, 0.15) is 59.4 Å². The summed E-state index contributed by atoms with van der Waals surface area (Å²) in [6.07, 6.45) is -0.314.